The summed E-state index contributed by atoms with van der Waals surface area (Å²) in [5.74, 6) is 0.358. The fourth-order valence-electron chi connectivity index (χ4n) is 4.61. The Morgan fingerprint density at radius 2 is 1.78 bits per heavy atom. The van der Waals surface area contributed by atoms with Gasteiger partial charge in [0.05, 0.1) is 17.1 Å². The molecule has 0 unspecified atom stereocenters. The number of halogens is 2. The Labute approximate surface area is 213 Å². The van der Waals surface area contributed by atoms with Crippen LogP contribution in [0.1, 0.15) is 60.3 Å². The predicted molar refractivity (Wildman–Crippen MR) is 137 cm³/mol. The molecule has 8 heteroatoms. The van der Waals surface area contributed by atoms with Crippen LogP contribution in [0.4, 0.5) is 4.39 Å². The van der Waals surface area contributed by atoms with Gasteiger partial charge in [0, 0.05) is 18.1 Å². The highest BCUT2D eigenvalue weighted by Crippen LogP contribution is 2.55. The smallest absolute Gasteiger partial charge is 0.274 e. The van der Waals surface area contributed by atoms with Crippen molar-refractivity contribution in [3.8, 4) is 17.1 Å². The van der Waals surface area contributed by atoms with Gasteiger partial charge < -0.3 is 5.11 Å². The van der Waals surface area contributed by atoms with Crippen molar-refractivity contribution in [2.24, 2.45) is 0 Å². The average molecular weight is 505 g/mol. The van der Waals surface area contributed by atoms with Crippen LogP contribution in [0.15, 0.2) is 59.7 Å². The summed E-state index contributed by atoms with van der Waals surface area (Å²) in [4.78, 5) is 26.6. The van der Waals surface area contributed by atoms with Crippen molar-refractivity contribution in [3.63, 3.8) is 0 Å². The molecule has 1 N–H and O–H groups in total. The van der Waals surface area contributed by atoms with Crippen LogP contribution in [-0.2, 0) is 5.60 Å². The Morgan fingerprint density at radius 1 is 1.06 bits per heavy atom. The molecule has 0 saturated heterocycles. The fourth-order valence-corrected chi connectivity index (χ4v) is 4.89. The molecule has 4 aromatic rings. The first-order chi connectivity index (χ1) is 17.0. The van der Waals surface area contributed by atoms with E-state index in [4.69, 9.17) is 11.6 Å². The zero-order valence-electron chi connectivity index (χ0n) is 20.5. The SMILES string of the molecule is Cc1cnc(-c2ccnc(C(C)(C)O)n2)cc1-n1c(C)cc([C@H]2C[C@@H]2c2ccc(F)cc2)c(Cl)c1=O. The van der Waals surface area contributed by atoms with E-state index in [0.29, 0.717) is 17.1 Å². The van der Waals surface area contributed by atoms with E-state index in [1.807, 2.05) is 19.9 Å². The van der Waals surface area contributed by atoms with E-state index in [1.165, 1.54) is 12.1 Å². The lowest BCUT2D eigenvalue weighted by molar-refractivity contribution is 0.0688. The molecule has 3 heterocycles. The summed E-state index contributed by atoms with van der Waals surface area (Å²) in [5, 5.41) is 10.5. The molecular formula is C28H26ClFN4O2. The third-order valence-corrected chi connectivity index (χ3v) is 7.01. The van der Waals surface area contributed by atoms with E-state index < -0.39 is 5.60 Å². The summed E-state index contributed by atoms with van der Waals surface area (Å²) in [6, 6.07) is 12.0. The third-order valence-electron chi connectivity index (χ3n) is 6.63. The molecule has 0 spiro atoms. The van der Waals surface area contributed by atoms with Crippen molar-refractivity contribution in [3.05, 3.63) is 104 Å². The normalized spacial score (nSPS) is 17.3. The first-order valence-corrected chi connectivity index (χ1v) is 12.1. The van der Waals surface area contributed by atoms with Crippen LogP contribution in [-0.4, -0.2) is 24.6 Å². The van der Waals surface area contributed by atoms with Crippen LogP contribution in [0.3, 0.4) is 0 Å². The number of pyridine rings is 2. The summed E-state index contributed by atoms with van der Waals surface area (Å²) in [5.41, 5.74) is 3.68. The molecule has 6 nitrogen and oxygen atoms in total. The summed E-state index contributed by atoms with van der Waals surface area (Å²) in [6.45, 7) is 7.00. The van der Waals surface area contributed by atoms with Gasteiger partial charge in [0.25, 0.3) is 5.56 Å². The second-order valence-electron chi connectivity index (χ2n) is 9.88. The molecule has 1 aromatic carbocycles. The summed E-state index contributed by atoms with van der Waals surface area (Å²) >= 11 is 6.66. The van der Waals surface area contributed by atoms with Gasteiger partial charge in [0.1, 0.15) is 16.4 Å². The van der Waals surface area contributed by atoms with Gasteiger partial charge in [0.2, 0.25) is 0 Å². The van der Waals surface area contributed by atoms with Crippen LogP contribution in [0, 0.1) is 19.7 Å². The van der Waals surface area contributed by atoms with Crippen molar-refractivity contribution in [1.29, 1.82) is 0 Å². The molecule has 0 radical (unpaired) electrons. The largest absolute Gasteiger partial charge is 0.382 e. The minimum absolute atomic E-state index is 0.124. The molecule has 1 fully saturated rings. The minimum atomic E-state index is -1.20. The van der Waals surface area contributed by atoms with E-state index in [9.17, 15) is 14.3 Å². The quantitative estimate of drug-likeness (QED) is 0.383. The van der Waals surface area contributed by atoms with Gasteiger partial charge >= 0.3 is 0 Å². The number of aromatic nitrogens is 4. The molecular weight excluding hydrogens is 479 g/mol. The number of hydrogen-bond acceptors (Lipinski definition) is 5. The second-order valence-corrected chi connectivity index (χ2v) is 10.3. The number of rotatable bonds is 5. The monoisotopic (exact) mass is 504 g/mol. The molecule has 0 aliphatic heterocycles. The van der Waals surface area contributed by atoms with Crippen LogP contribution in [0.5, 0.6) is 0 Å². The van der Waals surface area contributed by atoms with E-state index in [0.717, 1.165) is 28.8 Å². The van der Waals surface area contributed by atoms with Crippen LogP contribution < -0.4 is 5.56 Å². The lowest BCUT2D eigenvalue weighted by Gasteiger charge is -2.17. The Hall–Kier alpha value is -3.42. The van der Waals surface area contributed by atoms with Gasteiger partial charge in [-0.2, -0.15) is 0 Å². The summed E-state index contributed by atoms with van der Waals surface area (Å²) in [6.07, 6.45) is 4.13. The molecule has 2 atom stereocenters. The van der Waals surface area contributed by atoms with E-state index in [-0.39, 0.29) is 34.1 Å². The van der Waals surface area contributed by atoms with Gasteiger partial charge in [-0.15, -0.1) is 0 Å². The van der Waals surface area contributed by atoms with Crippen LogP contribution >= 0.6 is 11.6 Å². The second kappa shape index (κ2) is 8.91. The van der Waals surface area contributed by atoms with E-state index in [1.54, 1.807) is 55.1 Å². The Morgan fingerprint density at radius 3 is 2.47 bits per heavy atom. The van der Waals surface area contributed by atoms with Crippen molar-refractivity contribution >= 4 is 11.6 Å². The molecule has 0 bridgehead atoms. The topological polar surface area (TPSA) is 80.9 Å². The maximum absolute atomic E-state index is 13.5. The highest BCUT2D eigenvalue weighted by molar-refractivity contribution is 6.31. The van der Waals surface area contributed by atoms with E-state index in [2.05, 4.69) is 15.0 Å². The molecule has 3 aromatic heterocycles. The van der Waals surface area contributed by atoms with Gasteiger partial charge in [-0.25, -0.2) is 14.4 Å². The van der Waals surface area contributed by atoms with Crippen molar-refractivity contribution < 1.29 is 9.50 Å². The van der Waals surface area contributed by atoms with Crippen molar-refractivity contribution in [2.45, 2.75) is 51.6 Å². The number of aliphatic hydroxyl groups is 1. The Balaban J connectivity index is 1.53. The number of hydrogen-bond donors (Lipinski definition) is 1. The maximum atomic E-state index is 13.5. The lowest BCUT2D eigenvalue weighted by Crippen LogP contribution is -2.23. The summed E-state index contributed by atoms with van der Waals surface area (Å²) < 4.78 is 14.9. The molecule has 1 aliphatic carbocycles. The highest BCUT2D eigenvalue weighted by Gasteiger charge is 2.41. The van der Waals surface area contributed by atoms with Crippen LogP contribution in [0.25, 0.3) is 17.1 Å². The molecule has 184 valence electrons. The summed E-state index contributed by atoms with van der Waals surface area (Å²) in [7, 11) is 0. The zero-order valence-corrected chi connectivity index (χ0v) is 21.2. The fraction of sp³-hybridized carbons (Fsp3) is 0.286. The molecule has 1 saturated carbocycles. The lowest BCUT2D eigenvalue weighted by atomic mass is 10.0. The van der Waals surface area contributed by atoms with Crippen molar-refractivity contribution in [2.75, 3.05) is 0 Å². The standard InChI is InChI=1S/C28H26ClFN4O2/c1-15-14-32-23(22-9-10-31-27(33-22)28(3,4)36)13-24(15)34-16(2)11-21(25(29)26(34)35)20-12-19(20)17-5-7-18(30)8-6-17/h5-11,13-14,19-20,36H,12H2,1-4H3/t19-,20+/m1/s1. The molecule has 5 rings (SSSR count). The predicted octanol–water partition coefficient (Wildman–Crippen LogP) is 5.60. The van der Waals surface area contributed by atoms with Crippen molar-refractivity contribution in [1.82, 2.24) is 19.5 Å². The van der Waals surface area contributed by atoms with E-state index >= 15 is 0 Å². The minimum Gasteiger partial charge on any atom is -0.382 e. The first-order valence-electron chi connectivity index (χ1n) is 11.8. The first kappa shape index (κ1) is 24.3. The molecule has 1 aliphatic rings. The number of nitrogens with zero attached hydrogens (tertiary/aromatic N) is 4. The molecule has 0 amide bonds. The average Bonchev–Trinajstić information content (AvgIpc) is 3.63. The highest BCUT2D eigenvalue weighted by atomic mass is 35.5. The molecule has 36 heavy (non-hydrogen) atoms. The Bertz CT molecular complexity index is 1530. The zero-order chi connectivity index (χ0) is 25.8. The van der Waals surface area contributed by atoms with Gasteiger partial charge in [0.15, 0.2) is 5.82 Å². The maximum Gasteiger partial charge on any atom is 0.274 e. The van der Waals surface area contributed by atoms with Gasteiger partial charge in [-0.1, -0.05) is 23.7 Å². The third kappa shape index (κ3) is 4.45. The van der Waals surface area contributed by atoms with Crippen LogP contribution in [0.2, 0.25) is 5.02 Å². The van der Waals surface area contributed by atoms with Gasteiger partial charge in [-0.3, -0.25) is 14.3 Å². The number of benzene rings is 1. The van der Waals surface area contributed by atoms with Gasteiger partial charge in [-0.05, 0) is 93.0 Å². The number of aryl methyl sites for hydroxylation is 2. The Kier molecular flexibility index (Phi) is 6.01.